The molecule has 10 heteroatoms. The van der Waals surface area contributed by atoms with E-state index in [2.05, 4.69) is 21.3 Å². The highest BCUT2D eigenvalue weighted by atomic mass is 35.5. The average Bonchev–Trinajstić information content (AvgIpc) is 2.85. The minimum Gasteiger partial charge on any atom is -0.332 e. The normalized spacial score (nSPS) is 10.5. The third-order valence-electron chi connectivity index (χ3n) is 5.18. The van der Waals surface area contributed by atoms with E-state index in [1.54, 1.807) is 24.3 Å². The van der Waals surface area contributed by atoms with Crippen LogP contribution in [0, 0.1) is 11.6 Å². The second-order valence-corrected chi connectivity index (χ2v) is 9.61. The zero-order valence-electron chi connectivity index (χ0n) is 19.1. The summed E-state index contributed by atoms with van der Waals surface area (Å²) in [5, 5.41) is 13.7. The number of halogens is 4. The Bertz CT molecular complexity index is 1320. The highest BCUT2D eigenvalue weighted by Gasteiger charge is 2.09. The number of rotatable bonds is 6. The largest absolute Gasteiger partial charge is 0.332 e. The van der Waals surface area contributed by atoms with E-state index < -0.39 is 0 Å². The number of benzene rings is 4. The predicted molar refractivity (Wildman–Crippen MR) is 158 cm³/mol. The summed E-state index contributed by atoms with van der Waals surface area (Å²) in [5.41, 5.74) is 4.58. The summed E-state index contributed by atoms with van der Waals surface area (Å²) in [4.78, 5) is 0. The van der Waals surface area contributed by atoms with E-state index in [-0.39, 0.29) is 11.6 Å². The van der Waals surface area contributed by atoms with Crippen molar-refractivity contribution in [2.24, 2.45) is 0 Å². The molecule has 0 aliphatic carbocycles. The molecule has 0 aliphatic rings. The molecule has 4 nitrogen and oxygen atoms in total. The number of hydrogen-bond acceptors (Lipinski definition) is 2. The van der Waals surface area contributed by atoms with Crippen LogP contribution in [0.2, 0.25) is 10.0 Å². The Hall–Kier alpha value is -3.30. The van der Waals surface area contributed by atoms with Gasteiger partial charge in [-0.25, -0.2) is 8.78 Å². The summed E-state index contributed by atoms with van der Waals surface area (Å²) in [6.07, 6.45) is 0.608. The molecule has 0 fully saturated rings. The van der Waals surface area contributed by atoms with Crippen molar-refractivity contribution in [3.8, 4) is 0 Å². The van der Waals surface area contributed by atoms with Gasteiger partial charge in [0, 0.05) is 11.4 Å². The number of hydrogen-bond donors (Lipinski definition) is 4. The molecule has 0 heterocycles. The Morgan fingerprint density at radius 1 is 0.568 bits per heavy atom. The minimum atomic E-state index is -0.322. The Morgan fingerprint density at radius 3 is 1.30 bits per heavy atom. The van der Waals surface area contributed by atoms with Crippen LogP contribution < -0.4 is 21.3 Å². The van der Waals surface area contributed by atoms with Crippen LogP contribution in [0.4, 0.5) is 31.5 Å². The molecule has 37 heavy (non-hydrogen) atoms. The van der Waals surface area contributed by atoms with Crippen LogP contribution >= 0.6 is 47.6 Å². The summed E-state index contributed by atoms with van der Waals surface area (Å²) < 4.78 is 26.1. The number of nitrogens with one attached hydrogen (secondary N) is 4. The van der Waals surface area contributed by atoms with Gasteiger partial charge in [0.1, 0.15) is 11.6 Å². The summed E-state index contributed by atoms with van der Waals surface area (Å²) in [7, 11) is 0. The third-order valence-corrected chi connectivity index (χ3v) is 6.21. The lowest BCUT2D eigenvalue weighted by molar-refractivity contribution is 0.627. The number of anilines is 4. The fraction of sp³-hybridized carbons (Fsp3) is 0.0370. The summed E-state index contributed by atoms with van der Waals surface area (Å²) >= 11 is 23.6. The molecule has 0 atom stereocenters. The summed E-state index contributed by atoms with van der Waals surface area (Å²) in [6, 6.07) is 23.0. The predicted octanol–water partition coefficient (Wildman–Crippen LogP) is 8.48. The number of thiocarbonyl (C=S) groups is 2. The van der Waals surface area contributed by atoms with E-state index in [4.69, 9.17) is 47.6 Å². The molecule has 4 aromatic rings. The van der Waals surface area contributed by atoms with E-state index in [9.17, 15) is 8.78 Å². The molecule has 0 aliphatic heterocycles. The van der Waals surface area contributed by atoms with Crippen LogP contribution in [-0.2, 0) is 6.42 Å². The summed E-state index contributed by atoms with van der Waals surface area (Å²) in [6.45, 7) is 0. The van der Waals surface area contributed by atoms with Crippen LogP contribution in [0.15, 0.2) is 84.9 Å². The van der Waals surface area contributed by atoms with Crippen LogP contribution in [0.5, 0.6) is 0 Å². The Morgan fingerprint density at radius 2 is 0.946 bits per heavy atom. The average molecular weight is 574 g/mol. The zero-order valence-corrected chi connectivity index (χ0v) is 22.3. The zero-order chi connectivity index (χ0) is 26.4. The van der Waals surface area contributed by atoms with Gasteiger partial charge in [0.05, 0.1) is 21.4 Å². The van der Waals surface area contributed by atoms with Gasteiger partial charge in [-0.05, 0) is 115 Å². The molecule has 188 valence electrons. The second-order valence-electron chi connectivity index (χ2n) is 7.98. The van der Waals surface area contributed by atoms with Crippen LogP contribution in [0.3, 0.4) is 0 Å². The SMILES string of the molecule is Fc1ccc(NC(=S)Nc2ccc(Cc3ccc(NC(=S)Nc4ccc(F)cc4)c(Cl)c3)cc2Cl)cc1. The van der Waals surface area contributed by atoms with Gasteiger partial charge in [0.25, 0.3) is 0 Å². The third kappa shape index (κ3) is 7.84. The molecule has 0 radical (unpaired) electrons. The molecule has 0 aromatic heterocycles. The molecular formula is C27H20Cl2F2N4S2. The van der Waals surface area contributed by atoms with Crippen molar-refractivity contribution in [3.63, 3.8) is 0 Å². The molecule has 0 unspecified atom stereocenters. The lowest BCUT2D eigenvalue weighted by Crippen LogP contribution is -2.19. The maximum absolute atomic E-state index is 13.1. The van der Waals surface area contributed by atoms with Gasteiger partial charge in [-0.1, -0.05) is 35.3 Å². The molecule has 4 rings (SSSR count). The Labute approximate surface area is 234 Å². The first-order chi connectivity index (χ1) is 17.7. The lowest BCUT2D eigenvalue weighted by Gasteiger charge is -2.14. The Balaban J connectivity index is 1.34. The van der Waals surface area contributed by atoms with Gasteiger partial charge in [0.2, 0.25) is 0 Å². The van der Waals surface area contributed by atoms with Crippen molar-refractivity contribution >= 4 is 80.6 Å². The first-order valence-electron chi connectivity index (χ1n) is 11.0. The van der Waals surface area contributed by atoms with Crippen molar-refractivity contribution in [2.45, 2.75) is 6.42 Å². The van der Waals surface area contributed by atoms with E-state index in [1.165, 1.54) is 24.3 Å². The van der Waals surface area contributed by atoms with Gasteiger partial charge in [-0.15, -0.1) is 0 Å². The highest BCUT2D eigenvalue weighted by molar-refractivity contribution is 7.81. The van der Waals surface area contributed by atoms with Crippen molar-refractivity contribution in [1.29, 1.82) is 0 Å². The molecule has 4 N–H and O–H groups in total. The van der Waals surface area contributed by atoms with Gasteiger partial charge in [-0.2, -0.15) is 0 Å². The molecule has 0 bridgehead atoms. The highest BCUT2D eigenvalue weighted by Crippen LogP contribution is 2.28. The fourth-order valence-corrected chi connectivity index (χ4v) is 4.37. The van der Waals surface area contributed by atoms with Crippen molar-refractivity contribution in [3.05, 3.63) is 118 Å². The lowest BCUT2D eigenvalue weighted by atomic mass is 10.0. The second kappa shape index (κ2) is 12.3. The van der Waals surface area contributed by atoms with Gasteiger partial charge in [-0.3, -0.25) is 0 Å². The molecule has 0 saturated heterocycles. The summed E-state index contributed by atoms with van der Waals surface area (Å²) in [5.74, 6) is -0.643. The van der Waals surface area contributed by atoms with Crippen LogP contribution in [0.1, 0.15) is 11.1 Å². The first kappa shape index (κ1) is 26.8. The maximum atomic E-state index is 13.1. The van der Waals surface area contributed by atoms with E-state index in [0.717, 1.165) is 11.1 Å². The van der Waals surface area contributed by atoms with Crippen LogP contribution in [-0.4, -0.2) is 10.2 Å². The molecule has 0 spiro atoms. The van der Waals surface area contributed by atoms with Crippen LogP contribution in [0.25, 0.3) is 0 Å². The fourth-order valence-electron chi connectivity index (χ4n) is 3.41. The molecule has 4 aromatic carbocycles. The smallest absolute Gasteiger partial charge is 0.175 e. The van der Waals surface area contributed by atoms with Gasteiger partial charge >= 0.3 is 0 Å². The van der Waals surface area contributed by atoms with Crippen molar-refractivity contribution < 1.29 is 8.78 Å². The van der Waals surface area contributed by atoms with Gasteiger partial charge in [0.15, 0.2) is 10.2 Å². The minimum absolute atomic E-state index is 0.322. The standard InChI is InChI=1S/C27H20Cl2F2N4S2/c28-22-14-16(1-11-24(22)34-26(36)32-20-7-3-18(30)4-8-20)13-17-2-12-25(23(29)15-17)35-27(37)33-21-9-5-19(31)6-10-21/h1-12,14-15H,13H2,(H2,32,34,36)(H2,33,35,37). The van der Waals surface area contributed by atoms with Crippen molar-refractivity contribution in [1.82, 2.24) is 0 Å². The van der Waals surface area contributed by atoms with E-state index >= 15 is 0 Å². The quantitative estimate of drug-likeness (QED) is 0.174. The topological polar surface area (TPSA) is 48.1 Å². The van der Waals surface area contributed by atoms with Gasteiger partial charge < -0.3 is 21.3 Å². The van der Waals surface area contributed by atoms with Crippen molar-refractivity contribution in [2.75, 3.05) is 21.3 Å². The molecule has 0 amide bonds. The Kier molecular flexibility index (Phi) is 8.89. The maximum Gasteiger partial charge on any atom is 0.175 e. The van der Waals surface area contributed by atoms with E-state index in [0.29, 0.717) is 49.4 Å². The first-order valence-corrected chi connectivity index (χ1v) is 12.6. The molecule has 0 saturated carbocycles. The monoisotopic (exact) mass is 572 g/mol. The molecular weight excluding hydrogens is 553 g/mol. The van der Waals surface area contributed by atoms with E-state index in [1.807, 2.05) is 36.4 Å².